The highest BCUT2D eigenvalue weighted by molar-refractivity contribution is 6.35. The van der Waals surface area contributed by atoms with Crippen molar-refractivity contribution in [2.24, 2.45) is 5.41 Å². The van der Waals surface area contributed by atoms with Crippen LogP contribution in [0.3, 0.4) is 0 Å². The van der Waals surface area contributed by atoms with E-state index in [4.69, 9.17) is 18.0 Å². The van der Waals surface area contributed by atoms with E-state index in [9.17, 15) is 4.39 Å². The summed E-state index contributed by atoms with van der Waals surface area (Å²) in [6, 6.07) is 13.5. The van der Waals surface area contributed by atoms with Crippen LogP contribution < -0.4 is 21.6 Å². The Hall–Kier alpha value is -4.06. The van der Waals surface area contributed by atoms with Gasteiger partial charge in [-0.15, -0.1) is 12.0 Å². The van der Waals surface area contributed by atoms with Crippen molar-refractivity contribution in [2.75, 3.05) is 23.9 Å². The predicted molar refractivity (Wildman–Crippen MR) is 167 cm³/mol. The minimum Gasteiger partial charge on any atom is -0.383 e. The largest absolute Gasteiger partial charge is 0.383 e. The third-order valence-electron chi connectivity index (χ3n) is 7.06. The number of hydrogen-bond donors (Lipinski definition) is 4. The standard InChI is InChI=1S/C32H35ClFN7/c1-7-20-16-36-29-24(28(20)37-19-31(2,3)4)14-21(15-25(29)33)38-30(27-17-41(40-39-27)32(5,6)18-34)23-10-8-12-26-22(23)11-9-13-35-26/h1,8-17,30,38-40H,18-19H2,2-6H3,(H,36,37)/t30-/m0/s1. The average Bonchev–Trinajstić information content (AvgIpc) is 3.45. The molecule has 1 aliphatic heterocycles. The summed E-state index contributed by atoms with van der Waals surface area (Å²) in [6.07, 6.45) is 11.2. The number of fused-ring (bicyclic) bond motifs is 2. The van der Waals surface area contributed by atoms with Gasteiger partial charge in [-0.25, -0.2) is 4.39 Å². The highest BCUT2D eigenvalue weighted by atomic mass is 35.5. The van der Waals surface area contributed by atoms with Gasteiger partial charge in [0, 0.05) is 41.6 Å². The number of benzene rings is 2. The fraction of sp³-hybridized carbons (Fsp3) is 0.312. The van der Waals surface area contributed by atoms with E-state index in [-0.39, 0.29) is 11.5 Å². The molecule has 0 aliphatic carbocycles. The van der Waals surface area contributed by atoms with Crippen molar-refractivity contribution in [3.05, 3.63) is 82.9 Å². The average molecular weight is 572 g/mol. The van der Waals surface area contributed by atoms with Crippen molar-refractivity contribution in [1.29, 1.82) is 0 Å². The third-order valence-corrected chi connectivity index (χ3v) is 7.34. The molecule has 5 rings (SSSR count). The third kappa shape index (κ3) is 5.88. The second-order valence-electron chi connectivity index (χ2n) is 12.1. The van der Waals surface area contributed by atoms with Crippen molar-refractivity contribution < 1.29 is 4.39 Å². The van der Waals surface area contributed by atoms with Crippen LogP contribution in [0.5, 0.6) is 0 Å². The Balaban J connectivity index is 1.64. The molecular weight excluding hydrogens is 537 g/mol. The lowest BCUT2D eigenvalue weighted by Gasteiger charge is -2.31. The van der Waals surface area contributed by atoms with E-state index in [0.717, 1.165) is 38.9 Å². The fourth-order valence-electron chi connectivity index (χ4n) is 4.73. The van der Waals surface area contributed by atoms with Crippen LogP contribution in [0.2, 0.25) is 5.02 Å². The molecule has 4 aromatic rings. The van der Waals surface area contributed by atoms with Crippen LogP contribution in [-0.2, 0) is 0 Å². The quantitative estimate of drug-likeness (QED) is 0.171. The molecule has 41 heavy (non-hydrogen) atoms. The smallest absolute Gasteiger partial charge is 0.114 e. The maximum atomic E-state index is 13.9. The van der Waals surface area contributed by atoms with Crippen molar-refractivity contribution in [3.8, 4) is 12.3 Å². The summed E-state index contributed by atoms with van der Waals surface area (Å²) in [7, 11) is 0. The van der Waals surface area contributed by atoms with Crippen LogP contribution in [0, 0.1) is 17.8 Å². The van der Waals surface area contributed by atoms with Gasteiger partial charge in [-0.3, -0.25) is 15.0 Å². The molecule has 0 radical (unpaired) electrons. The number of rotatable bonds is 8. The molecule has 212 valence electrons. The van der Waals surface area contributed by atoms with E-state index in [0.29, 0.717) is 22.6 Å². The van der Waals surface area contributed by atoms with Gasteiger partial charge in [-0.05, 0) is 49.1 Å². The summed E-state index contributed by atoms with van der Waals surface area (Å²) < 4.78 is 13.9. The van der Waals surface area contributed by atoms with Crippen LogP contribution in [0.25, 0.3) is 21.8 Å². The van der Waals surface area contributed by atoms with Crippen molar-refractivity contribution in [3.63, 3.8) is 0 Å². The lowest BCUT2D eigenvalue weighted by atomic mass is 9.96. The number of terminal acetylenes is 1. The summed E-state index contributed by atoms with van der Waals surface area (Å²) >= 11 is 6.82. The van der Waals surface area contributed by atoms with Crippen molar-refractivity contribution >= 4 is 44.8 Å². The first kappa shape index (κ1) is 28.5. The summed E-state index contributed by atoms with van der Waals surface area (Å²) in [5.41, 5.74) is 11.2. The zero-order chi connectivity index (χ0) is 29.4. The van der Waals surface area contributed by atoms with Crippen LogP contribution in [-0.4, -0.2) is 33.7 Å². The second kappa shape index (κ2) is 11.1. The van der Waals surface area contributed by atoms with E-state index in [1.807, 2.05) is 56.4 Å². The van der Waals surface area contributed by atoms with Gasteiger partial charge in [0.2, 0.25) is 0 Å². The Labute approximate surface area is 245 Å². The zero-order valence-electron chi connectivity index (χ0n) is 23.9. The molecule has 2 aromatic heterocycles. The molecule has 0 amide bonds. The Morgan fingerprint density at radius 3 is 2.63 bits per heavy atom. The topological polar surface area (TPSA) is 77.1 Å². The normalized spacial score (nSPS) is 14.5. The first-order valence-corrected chi connectivity index (χ1v) is 13.9. The lowest BCUT2D eigenvalue weighted by Crippen LogP contribution is -2.50. The summed E-state index contributed by atoms with van der Waals surface area (Å²) in [5, 5.41) is 11.3. The Morgan fingerprint density at radius 1 is 1.10 bits per heavy atom. The minimum atomic E-state index is -0.753. The van der Waals surface area contributed by atoms with Gasteiger partial charge in [0.15, 0.2) is 0 Å². The van der Waals surface area contributed by atoms with Crippen molar-refractivity contribution in [1.82, 2.24) is 25.9 Å². The molecule has 0 unspecified atom stereocenters. The number of halogens is 2. The molecule has 7 nitrogen and oxygen atoms in total. The molecule has 0 saturated carbocycles. The first-order valence-electron chi connectivity index (χ1n) is 13.5. The molecule has 1 atom stereocenters. The number of aromatic nitrogens is 2. The zero-order valence-corrected chi connectivity index (χ0v) is 24.7. The van der Waals surface area contributed by atoms with E-state index >= 15 is 0 Å². The second-order valence-corrected chi connectivity index (χ2v) is 12.5. The predicted octanol–water partition coefficient (Wildman–Crippen LogP) is 6.94. The number of pyridine rings is 2. The molecule has 0 bridgehead atoms. The lowest BCUT2D eigenvalue weighted by molar-refractivity contribution is 0.0936. The molecule has 0 saturated heterocycles. The van der Waals surface area contributed by atoms with Gasteiger partial charge >= 0.3 is 0 Å². The van der Waals surface area contributed by atoms with Gasteiger partial charge in [0.25, 0.3) is 0 Å². The van der Waals surface area contributed by atoms with E-state index < -0.39 is 12.2 Å². The van der Waals surface area contributed by atoms with E-state index in [1.54, 1.807) is 17.4 Å². The molecule has 9 heteroatoms. The Kier molecular flexibility index (Phi) is 7.69. The Morgan fingerprint density at radius 2 is 1.90 bits per heavy atom. The van der Waals surface area contributed by atoms with E-state index in [1.165, 1.54) is 0 Å². The number of nitrogens with one attached hydrogen (secondary N) is 4. The number of nitrogens with zero attached hydrogens (tertiary/aromatic N) is 3. The van der Waals surface area contributed by atoms with Gasteiger partial charge in [-0.1, -0.05) is 56.5 Å². The first-order chi connectivity index (χ1) is 19.5. The van der Waals surface area contributed by atoms with Crippen LogP contribution in [0.4, 0.5) is 15.8 Å². The molecule has 0 spiro atoms. The van der Waals surface area contributed by atoms with Gasteiger partial charge in [0.05, 0.1) is 44.6 Å². The molecular formula is C32H35ClFN7. The van der Waals surface area contributed by atoms with Crippen LogP contribution in [0.1, 0.15) is 51.8 Å². The summed E-state index contributed by atoms with van der Waals surface area (Å²) in [6.45, 7) is 10.3. The molecule has 2 aromatic carbocycles. The molecule has 3 heterocycles. The summed E-state index contributed by atoms with van der Waals surface area (Å²) in [5.74, 6) is 2.76. The molecule has 0 fully saturated rings. The Bertz CT molecular complexity index is 1660. The minimum absolute atomic E-state index is 0.0293. The van der Waals surface area contributed by atoms with Gasteiger partial charge < -0.3 is 16.1 Å². The number of hydrazine groups is 2. The van der Waals surface area contributed by atoms with Crippen LogP contribution in [0.15, 0.2) is 66.8 Å². The summed E-state index contributed by atoms with van der Waals surface area (Å²) in [4.78, 5) is 9.13. The van der Waals surface area contributed by atoms with Crippen molar-refractivity contribution in [2.45, 2.75) is 46.2 Å². The SMILES string of the molecule is C#Cc1cnc2c(Cl)cc(N[C@H](C3=CN(C(C)(C)CF)NN3)c3cccc4ncccc34)cc2c1NCC(C)(C)C. The van der Waals surface area contributed by atoms with Gasteiger partial charge in [-0.2, -0.15) is 0 Å². The maximum absolute atomic E-state index is 13.9. The molecule has 4 N–H and O–H groups in total. The highest BCUT2D eigenvalue weighted by Crippen LogP contribution is 2.37. The fourth-order valence-corrected chi connectivity index (χ4v) is 5.00. The number of hydrogen-bond acceptors (Lipinski definition) is 7. The van der Waals surface area contributed by atoms with Crippen LogP contribution >= 0.6 is 11.6 Å². The maximum Gasteiger partial charge on any atom is 0.114 e. The number of alkyl halides is 1. The molecule has 1 aliphatic rings. The van der Waals surface area contributed by atoms with Gasteiger partial charge in [0.1, 0.15) is 6.67 Å². The monoisotopic (exact) mass is 571 g/mol. The highest BCUT2D eigenvalue weighted by Gasteiger charge is 2.32. The van der Waals surface area contributed by atoms with E-state index in [2.05, 4.69) is 64.3 Å². The number of anilines is 2.